The first-order chi connectivity index (χ1) is 15.5. The van der Waals surface area contributed by atoms with E-state index >= 15 is 0 Å². The molecule has 0 unspecified atom stereocenters. The SMILES string of the molecule is CC(C)n1nc(-c2ccc(NC(=O)Nc3cc(C(C)(C)C)no3)c(Cl)c2)c2c(N)ncnc21. The molecule has 4 aromatic rings. The zero-order valence-corrected chi connectivity index (χ0v) is 19.7. The van der Waals surface area contributed by atoms with Gasteiger partial charge in [0.2, 0.25) is 5.88 Å². The lowest BCUT2D eigenvalue weighted by molar-refractivity contribution is 0.261. The number of halogens is 1. The second kappa shape index (κ2) is 8.36. The summed E-state index contributed by atoms with van der Waals surface area (Å²) in [6.07, 6.45) is 1.42. The van der Waals surface area contributed by atoms with Gasteiger partial charge in [-0.05, 0) is 26.0 Å². The number of carbonyl (C=O) groups is 1. The lowest BCUT2D eigenvalue weighted by Gasteiger charge is -2.12. The zero-order chi connectivity index (χ0) is 23.9. The van der Waals surface area contributed by atoms with Crippen LogP contribution in [0.3, 0.4) is 0 Å². The third-order valence-corrected chi connectivity index (χ3v) is 5.33. The van der Waals surface area contributed by atoms with Gasteiger partial charge in [-0.15, -0.1) is 0 Å². The van der Waals surface area contributed by atoms with E-state index < -0.39 is 6.03 Å². The molecule has 0 radical (unpaired) electrons. The normalized spacial score (nSPS) is 11.8. The standard InChI is InChI=1S/C22H25ClN8O2/c1-11(2)31-20-17(19(24)25-10-26-20)18(29-31)12-6-7-14(13(23)8-12)27-21(32)28-16-9-15(30-33-16)22(3,4)5/h6-11H,1-5H3,(H2,24,25,26)(H2,27,28,32). The number of amides is 2. The molecule has 0 fully saturated rings. The van der Waals surface area contributed by atoms with Gasteiger partial charge in [-0.25, -0.2) is 19.4 Å². The number of aromatic nitrogens is 5. The van der Waals surface area contributed by atoms with E-state index in [2.05, 4.69) is 30.9 Å². The fraction of sp³-hybridized carbons (Fsp3) is 0.318. The van der Waals surface area contributed by atoms with Gasteiger partial charge in [0.15, 0.2) is 5.65 Å². The van der Waals surface area contributed by atoms with E-state index in [1.807, 2.05) is 34.6 Å². The Morgan fingerprint density at radius 1 is 1.18 bits per heavy atom. The number of carbonyl (C=O) groups excluding carboxylic acids is 1. The van der Waals surface area contributed by atoms with Gasteiger partial charge in [0.05, 0.1) is 21.8 Å². The fourth-order valence-corrected chi connectivity index (χ4v) is 3.50. The molecule has 4 N–H and O–H groups in total. The van der Waals surface area contributed by atoms with Crippen LogP contribution in [0.5, 0.6) is 0 Å². The summed E-state index contributed by atoms with van der Waals surface area (Å²) < 4.78 is 6.98. The second-order valence-corrected chi connectivity index (χ2v) is 9.35. The largest absolute Gasteiger partial charge is 0.383 e. The number of anilines is 3. The van der Waals surface area contributed by atoms with Gasteiger partial charge in [0.1, 0.15) is 17.8 Å². The van der Waals surface area contributed by atoms with Crippen LogP contribution in [0.15, 0.2) is 35.1 Å². The highest BCUT2D eigenvalue weighted by Crippen LogP contribution is 2.35. The summed E-state index contributed by atoms with van der Waals surface area (Å²) in [6, 6.07) is 6.46. The van der Waals surface area contributed by atoms with E-state index in [-0.39, 0.29) is 17.3 Å². The van der Waals surface area contributed by atoms with E-state index in [1.165, 1.54) is 6.33 Å². The first-order valence-electron chi connectivity index (χ1n) is 10.4. The molecule has 0 aliphatic carbocycles. The molecule has 11 heteroatoms. The first-order valence-corrected chi connectivity index (χ1v) is 10.8. The number of hydrogen-bond donors (Lipinski definition) is 3. The van der Waals surface area contributed by atoms with Crippen molar-refractivity contribution in [1.82, 2.24) is 24.9 Å². The number of nitrogens with one attached hydrogen (secondary N) is 2. The van der Waals surface area contributed by atoms with Gasteiger partial charge in [-0.1, -0.05) is 43.6 Å². The average molecular weight is 469 g/mol. The minimum Gasteiger partial charge on any atom is -0.383 e. The minimum atomic E-state index is -0.506. The summed E-state index contributed by atoms with van der Waals surface area (Å²) in [5, 5.41) is 15.0. The van der Waals surface area contributed by atoms with Gasteiger partial charge < -0.3 is 15.6 Å². The van der Waals surface area contributed by atoms with E-state index in [1.54, 1.807) is 28.9 Å². The molecule has 10 nitrogen and oxygen atoms in total. The topological polar surface area (TPSA) is 137 Å². The highest BCUT2D eigenvalue weighted by Gasteiger charge is 2.21. The lowest BCUT2D eigenvalue weighted by atomic mass is 9.92. The van der Waals surface area contributed by atoms with Crippen LogP contribution < -0.4 is 16.4 Å². The van der Waals surface area contributed by atoms with Crippen molar-refractivity contribution in [2.24, 2.45) is 0 Å². The first kappa shape index (κ1) is 22.5. The van der Waals surface area contributed by atoms with E-state index in [4.69, 9.17) is 21.9 Å². The van der Waals surface area contributed by atoms with Gasteiger partial charge in [0, 0.05) is 23.1 Å². The number of hydrogen-bond acceptors (Lipinski definition) is 7. The molecule has 0 aliphatic rings. The number of nitrogens with two attached hydrogens (primary N) is 1. The van der Waals surface area contributed by atoms with Crippen LogP contribution in [0.2, 0.25) is 5.02 Å². The van der Waals surface area contributed by atoms with Crippen LogP contribution in [0.1, 0.15) is 46.4 Å². The molecule has 2 amide bonds. The molecule has 0 bridgehead atoms. The number of benzene rings is 1. The third-order valence-electron chi connectivity index (χ3n) is 5.01. The number of fused-ring (bicyclic) bond motifs is 1. The molecular weight excluding hydrogens is 444 g/mol. The quantitative estimate of drug-likeness (QED) is 0.372. The maximum Gasteiger partial charge on any atom is 0.326 e. The Morgan fingerprint density at radius 2 is 1.94 bits per heavy atom. The molecule has 0 atom stereocenters. The maximum absolute atomic E-state index is 12.4. The van der Waals surface area contributed by atoms with Crippen LogP contribution in [-0.4, -0.2) is 30.9 Å². The van der Waals surface area contributed by atoms with Crippen molar-refractivity contribution >= 4 is 46.1 Å². The molecule has 1 aromatic carbocycles. The van der Waals surface area contributed by atoms with E-state index in [9.17, 15) is 4.79 Å². The van der Waals surface area contributed by atoms with Crippen LogP contribution in [0.25, 0.3) is 22.3 Å². The fourth-order valence-electron chi connectivity index (χ4n) is 3.27. The molecule has 0 aliphatic heterocycles. The molecule has 3 heterocycles. The number of nitrogen functional groups attached to an aromatic ring is 1. The number of nitrogens with zero attached hydrogens (tertiary/aromatic N) is 5. The summed E-state index contributed by atoms with van der Waals surface area (Å²) in [5.74, 6) is 0.577. The molecule has 172 valence electrons. The Bertz CT molecular complexity index is 1340. The van der Waals surface area contributed by atoms with Crippen LogP contribution in [0, 0.1) is 0 Å². The molecule has 4 rings (SSSR count). The Kier molecular flexibility index (Phi) is 5.71. The summed E-state index contributed by atoms with van der Waals surface area (Å²) in [4.78, 5) is 20.9. The summed E-state index contributed by atoms with van der Waals surface area (Å²) in [5.41, 5.74) is 9.07. The van der Waals surface area contributed by atoms with Gasteiger partial charge in [0.25, 0.3) is 0 Å². The van der Waals surface area contributed by atoms with Crippen molar-refractivity contribution in [3.05, 3.63) is 41.3 Å². The Morgan fingerprint density at radius 3 is 2.58 bits per heavy atom. The summed E-state index contributed by atoms with van der Waals surface area (Å²) >= 11 is 6.48. The monoisotopic (exact) mass is 468 g/mol. The average Bonchev–Trinajstić information content (AvgIpc) is 3.35. The molecule has 3 aromatic heterocycles. The maximum atomic E-state index is 12.4. The molecule has 33 heavy (non-hydrogen) atoms. The van der Waals surface area contributed by atoms with Gasteiger partial charge in [-0.3, -0.25) is 5.32 Å². The van der Waals surface area contributed by atoms with Crippen LogP contribution in [0.4, 0.5) is 22.2 Å². The van der Waals surface area contributed by atoms with E-state index in [0.717, 1.165) is 11.3 Å². The predicted molar refractivity (Wildman–Crippen MR) is 128 cm³/mol. The lowest BCUT2D eigenvalue weighted by Crippen LogP contribution is -2.19. The minimum absolute atomic E-state index is 0.0746. The van der Waals surface area contributed by atoms with Crippen molar-refractivity contribution in [1.29, 1.82) is 0 Å². The number of urea groups is 1. The smallest absolute Gasteiger partial charge is 0.326 e. The highest BCUT2D eigenvalue weighted by molar-refractivity contribution is 6.34. The zero-order valence-electron chi connectivity index (χ0n) is 19.0. The Labute approximate surface area is 195 Å². The van der Waals surface area contributed by atoms with Gasteiger partial charge >= 0.3 is 6.03 Å². The van der Waals surface area contributed by atoms with Crippen LogP contribution in [-0.2, 0) is 5.41 Å². The Balaban J connectivity index is 1.58. The van der Waals surface area contributed by atoms with E-state index in [0.29, 0.717) is 33.3 Å². The molecule has 0 saturated heterocycles. The summed E-state index contributed by atoms with van der Waals surface area (Å²) in [7, 11) is 0. The van der Waals surface area contributed by atoms with Crippen molar-refractivity contribution in [3.63, 3.8) is 0 Å². The van der Waals surface area contributed by atoms with Crippen molar-refractivity contribution in [2.75, 3.05) is 16.4 Å². The molecule has 0 spiro atoms. The number of rotatable bonds is 4. The highest BCUT2D eigenvalue weighted by atomic mass is 35.5. The van der Waals surface area contributed by atoms with Crippen molar-refractivity contribution < 1.29 is 9.32 Å². The molecular formula is C22H25ClN8O2. The van der Waals surface area contributed by atoms with Crippen molar-refractivity contribution in [3.8, 4) is 11.3 Å². The van der Waals surface area contributed by atoms with Gasteiger partial charge in [-0.2, -0.15) is 5.10 Å². The third kappa shape index (κ3) is 4.47. The van der Waals surface area contributed by atoms with Crippen molar-refractivity contribution in [2.45, 2.75) is 46.1 Å². The van der Waals surface area contributed by atoms with Crippen LogP contribution >= 0.6 is 11.6 Å². The molecule has 0 saturated carbocycles. The summed E-state index contributed by atoms with van der Waals surface area (Å²) in [6.45, 7) is 10.0. The predicted octanol–water partition coefficient (Wildman–Crippen LogP) is 5.24. The second-order valence-electron chi connectivity index (χ2n) is 8.94. The Hall–Kier alpha value is -3.66.